The van der Waals surface area contributed by atoms with E-state index >= 15 is 0 Å². The second kappa shape index (κ2) is 5.06. The van der Waals surface area contributed by atoms with Crippen LogP contribution in [0.3, 0.4) is 0 Å². The van der Waals surface area contributed by atoms with Gasteiger partial charge in [0.15, 0.2) is 0 Å². The molecule has 1 aromatic carbocycles. The first-order valence-electron chi connectivity index (χ1n) is 4.99. The molecule has 0 nitrogen and oxygen atoms in total. The highest BCUT2D eigenvalue weighted by atomic mass is 19.1. The normalized spacial score (nSPS) is 10.3. The summed E-state index contributed by atoms with van der Waals surface area (Å²) in [4.78, 5) is 0. The minimum atomic E-state index is -0.0750. The SMILES string of the molecule is Bc1ccc(CCCCC)cc1F. The van der Waals surface area contributed by atoms with E-state index in [1.54, 1.807) is 13.9 Å². The fraction of sp³-hybridized carbons (Fsp3) is 0.455. The van der Waals surface area contributed by atoms with Gasteiger partial charge < -0.3 is 0 Å². The van der Waals surface area contributed by atoms with Gasteiger partial charge in [0, 0.05) is 0 Å². The molecule has 70 valence electrons. The fourth-order valence-corrected chi connectivity index (χ4v) is 1.37. The fourth-order valence-electron chi connectivity index (χ4n) is 1.37. The van der Waals surface area contributed by atoms with Crippen molar-refractivity contribution in [3.05, 3.63) is 29.6 Å². The molecule has 1 aromatic rings. The Labute approximate surface area is 80.6 Å². The van der Waals surface area contributed by atoms with Gasteiger partial charge in [-0.05, 0) is 24.5 Å². The van der Waals surface area contributed by atoms with Crippen molar-refractivity contribution in [2.24, 2.45) is 0 Å². The molecule has 0 saturated carbocycles. The van der Waals surface area contributed by atoms with Crippen LogP contribution in [0.15, 0.2) is 18.2 Å². The lowest BCUT2D eigenvalue weighted by atomic mass is 9.93. The Hall–Kier alpha value is -0.785. The molecule has 0 aliphatic carbocycles. The largest absolute Gasteiger partial charge is 0.208 e. The first-order chi connectivity index (χ1) is 6.24. The third-order valence-corrected chi connectivity index (χ3v) is 2.31. The van der Waals surface area contributed by atoms with Crippen LogP contribution in [-0.4, -0.2) is 7.85 Å². The summed E-state index contributed by atoms with van der Waals surface area (Å²) in [5, 5.41) is 0. The van der Waals surface area contributed by atoms with Crippen LogP contribution in [0.2, 0.25) is 0 Å². The smallest absolute Gasteiger partial charge is 0.143 e. The Morgan fingerprint density at radius 1 is 1.31 bits per heavy atom. The molecular weight excluding hydrogens is 162 g/mol. The van der Waals surface area contributed by atoms with Crippen molar-refractivity contribution in [2.45, 2.75) is 32.6 Å². The van der Waals surface area contributed by atoms with E-state index in [9.17, 15) is 4.39 Å². The summed E-state index contributed by atoms with van der Waals surface area (Å²) in [5.41, 5.74) is 1.86. The molecule has 0 heterocycles. The lowest BCUT2D eigenvalue weighted by Gasteiger charge is -2.02. The predicted molar refractivity (Wildman–Crippen MR) is 57.8 cm³/mol. The van der Waals surface area contributed by atoms with Gasteiger partial charge in [0.05, 0.1) is 0 Å². The van der Waals surface area contributed by atoms with Crippen LogP contribution in [0.5, 0.6) is 0 Å². The monoisotopic (exact) mass is 178 g/mol. The number of halogens is 1. The van der Waals surface area contributed by atoms with E-state index in [2.05, 4.69) is 6.92 Å². The molecule has 0 atom stereocenters. The number of rotatable bonds is 4. The number of unbranched alkanes of at least 4 members (excludes halogenated alkanes) is 2. The molecule has 2 heteroatoms. The first kappa shape index (κ1) is 10.3. The highest BCUT2D eigenvalue weighted by molar-refractivity contribution is 6.32. The molecule has 0 fully saturated rings. The Bertz CT molecular complexity index is 271. The molecule has 0 amide bonds. The van der Waals surface area contributed by atoms with E-state index in [0.29, 0.717) is 0 Å². The van der Waals surface area contributed by atoms with Gasteiger partial charge in [-0.15, -0.1) is 0 Å². The average Bonchev–Trinajstić information content (AvgIpc) is 2.12. The van der Waals surface area contributed by atoms with Crippen molar-refractivity contribution in [1.82, 2.24) is 0 Å². The molecule has 0 unspecified atom stereocenters. The molecule has 0 aromatic heterocycles. The minimum absolute atomic E-state index is 0.0750. The topological polar surface area (TPSA) is 0 Å². The molecule has 0 bridgehead atoms. The first-order valence-corrected chi connectivity index (χ1v) is 4.99. The summed E-state index contributed by atoms with van der Waals surface area (Å²) in [6.07, 6.45) is 4.62. The van der Waals surface area contributed by atoms with Gasteiger partial charge in [-0.1, -0.05) is 37.4 Å². The van der Waals surface area contributed by atoms with Crippen molar-refractivity contribution < 1.29 is 4.39 Å². The van der Waals surface area contributed by atoms with Gasteiger partial charge in [-0.2, -0.15) is 0 Å². The maximum atomic E-state index is 13.1. The van der Waals surface area contributed by atoms with E-state index in [0.717, 1.165) is 17.4 Å². The zero-order valence-corrected chi connectivity index (χ0v) is 8.44. The average molecular weight is 178 g/mol. The van der Waals surface area contributed by atoms with Crippen LogP contribution in [0.4, 0.5) is 4.39 Å². The van der Waals surface area contributed by atoms with E-state index in [1.165, 1.54) is 19.3 Å². The Balaban J connectivity index is 2.53. The summed E-state index contributed by atoms with van der Waals surface area (Å²) < 4.78 is 13.1. The molecule has 0 N–H and O–H groups in total. The van der Waals surface area contributed by atoms with Crippen molar-refractivity contribution in [3.63, 3.8) is 0 Å². The predicted octanol–water partition coefficient (Wildman–Crippen LogP) is 1.82. The van der Waals surface area contributed by atoms with Gasteiger partial charge >= 0.3 is 0 Å². The molecule has 13 heavy (non-hydrogen) atoms. The van der Waals surface area contributed by atoms with Gasteiger partial charge in [-0.25, -0.2) is 4.39 Å². The van der Waals surface area contributed by atoms with Crippen LogP contribution >= 0.6 is 0 Å². The van der Waals surface area contributed by atoms with Crippen molar-refractivity contribution in [3.8, 4) is 0 Å². The molecule has 0 aliphatic heterocycles. The lowest BCUT2D eigenvalue weighted by Crippen LogP contribution is -2.08. The van der Waals surface area contributed by atoms with Gasteiger partial charge in [0.2, 0.25) is 0 Å². The number of aryl methyl sites for hydroxylation is 1. The summed E-state index contributed by atoms with van der Waals surface area (Å²) in [5.74, 6) is -0.0750. The Morgan fingerprint density at radius 2 is 2.08 bits per heavy atom. The van der Waals surface area contributed by atoms with Crippen LogP contribution in [0, 0.1) is 5.82 Å². The van der Waals surface area contributed by atoms with E-state index in [1.807, 2.05) is 12.1 Å². The van der Waals surface area contributed by atoms with Crippen molar-refractivity contribution >= 4 is 13.3 Å². The van der Waals surface area contributed by atoms with Crippen LogP contribution in [0.25, 0.3) is 0 Å². The highest BCUT2D eigenvalue weighted by Gasteiger charge is 1.98. The van der Waals surface area contributed by atoms with E-state index in [-0.39, 0.29) is 5.82 Å². The summed E-state index contributed by atoms with van der Waals surface area (Å²) in [7, 11) is 1.80. The Kier molecular flexibility index (Phi) is 4.00. The molecule has 0 spiro atoms. The zero-order valence-electron chi connectivity index (χ0n) is 8.44. The maximum absolute atomic E-state index is 13.1. The molecule has 1 rings (SSSR count). The van der Waals surface area contributed by atoms with Crippen LogP contribution in [-0.2, 0) is 6.42 Å². The second-order valence-electron chi connectivity index (χ2n) is 3.54. The van der Waals surface area contributed by atoms with Crippen molar-refractivity contribution in [1.29, 1.82) is 0 Å². The number of hydrogen-bond donors (Lipinski definition) is 0. The Morgan fingerprint density at radius 3 is 2.69 bits per heavy atom. The third-order valence-electron chi connectivity index (χ3n) is 2.31. The van der Waals surface area contributed by atoms with Gasteiger partial charge in [-0.3, -0.25) is 0 Å². The standard InChI is InChI=1S/C11H16BF/c1-2-3-4-5-9-6-7-10(12)11(13)8-9/h6-8H,2-5,12H2,1H3. The van der Waals surface area contributed by atoms with Gasteiger partial charge in [0.25, 0.3) is 0 Å². The number of hydrogen-bond acceptors (Lipinski definition) is 0. The van der Waals surface area contributed by atoms with Gasteiger partial charge in [0.1, 0.15) is 13.7 Å². The molecule has 0 aliphatic rings. The summed E-state index contributed by atoms with van der Waals surface area (Å²) in [6.45, 7) is 2.18. The van der Waals surface area contributed by atoms with Crippen LogP contribution < -0.4 is 5.46 Å². The maximum Gasteiger partial charge on any atom is 0.143 e. The minimum Gasteiger partial charge on any atom is -0.208 e. The van der Waals surface area contributed by atoms with E-state index < -0.39 is 0 Å². The quantitative estimate of drug-likeness (QED) is 0.487. The third kappa shape index (κ3) is 3.21. The zero-order chi connectivity index (χ0) is 9.68. The highest BCUT2D eigenvalue weighted by Crippen LogP contribution is 2.06. The van der Waals surface area contributed by atoms with E-state index in [4.69, 9.17) is 0 Å². The molecular formula is C11H16BF. The van der Waals surface area contributed by atoms with Crippen LogP contribution in [0.1, 0.15) is 31.7 Å². The van der Waals surface area contributed by atoms with Crippen molar-refractivity contribution in [2.75, 3.05) is 0 Å². The lowest BCUT2D eigenvalue weighted by molar-refractivity contribution is 0.631. The molecule has 0 saturated heterocycles. The number of benzene rings is 1. The second-order valence-corrected chi connectivity index (χ2v) is 3.54. The molecule has 0 radical (unpaired) electrons. The summed E-state index contributed by atoms with van der Waals surface area (Å²) in [6, 6.07) is 5.54. The summed E-state index contributed by atoms with van der Waals surface area (Å²) >= 11 is 0.